The van der Waals surface area contributed by atoms with Gasteiger partial charge in [-0.15, -0.1) is 0 Å². The zero-order valence-corrected chi connectivity index (χ0v) is 13.8. The van der Waals surface area contributed by atoms with E-state index < -0.39 is 0 Å². The zero-order chi connectivity index (χ0) is 16.4. The highest BCUT2D eigenvalue weighted by atomic mass is 16.1. The van der Waals surface area contributed by atoms with Gasteiger partial charge in [0.15, 0.2) is 5.43 Å². The van der Waals surface area contributed by atoms with Gasteiger partial charge in [0.25, 0.3) is 0 Å². The number of nitrogens with one attached hydrogen (secondary N) is 1. The van der Waals surface area contributed by atoms with E-state index in [0.29, 0.717) is 0 Å². The molecule has 3 aromatic rings. The number of rotatable bonds is 3. The molecule has 0 unspecified atom stereocenters. The quantitative estimate of drug-likeness (QED) is 0.786. The smallest absolute Gasteiger partial charge is 0.193 e. The summed E-state index contributed by atoms with van der Waals surface area (Å²) in [6.07, 6.45) is 5.70. The molecule has 4 rings (SSSR count). The van der Waals surface area contributed by atoms with Crippen LogP contribution in [0.4, 0.5) is 0 Å². The van der Waals surface area contributed by atoms with Crippen LogP contribution in [0.5, 0.6) is 0 Å². The molecule has 1 aromatic heterocycles. The van der Waals surface area contributed by atoms with E-state index in [1.807, 2.05) is 36.5 Å². The first-order valence-corrected chi connectivity index (χ1v) is 8.74. The molecule has 1 saturated heterocycles. The highest BCUT2D eigenvalue weighted by Crippen LogP contribution is 2.25. The second-order valence-electron chi connectivity index (χ2n) is 6.57. The summed E-state index contributed by atoms with van der Waals surface area (Å²) < 4.78 is 0. The Balaban J connectivity index is 1.76. The molecule has 0 atom stereocenters. The van der Waals surface area contributed by atoms with Crippen molar-refractivity contribution in [2.75, 3.05) is 13.1 Å². The number of para-hydroxylation sites is 1. The SMILES string of the molecule is O=c1c(CN2CCCCC2)c[nH]c2c(-c3ccccc3)cccc12. The molecule has 0 radical (unpaired) electrons. The first kappa shape index (κ1) is 15.2. The van der Waals surface area contributed by atoms with Crippen molar-refractivity contribution in [3.05, 3.63) is 70.5 Å². The van der Waals surface area contributed by atoms with Gasteiger partial charge in [-0.2, -0.15) is 0 Å². The molecule has 3 heteroatoms. The summed E-state index contributed by atoms with van der Waals surface area (Å²) in [5, 5.41) is 0.783. The van der Waals surface area contributed by atoms with Gasteiger partial charge in [-0.1, -0.05) is 48.9 Å². The van der Waals surface area contributed by atoms with Crippen molar-refractivity contribution in [2.24, 2.45) is 0 Å². The fourth-order valence-corrected chi connectivity index (χ4v) is 3.63. The number of fused-ring (bicyclic) bond motifs is 1. The van der Waals surface area contributed by atoms with Gasteiger partial charge in [0.05, 0.1) is 5.52 Å². The summed E-state index contributed by atoms with van der Waals surface area (Å²) in [7, 11) is 0. The van der Waals surface area contributed by atoms with Crippen molar-refractivity contribution >= 4 is 10.9 Å². The Morgan fingerprint density at radius 1 is 0.917 bits per heavy atom. The molecule has 2 aromatic carbocycles. The fourth-order valence-electron chi connectivity index (χ4n) is 3.63. The maximum absolute atomic E-state index is 12.9. The predicted octanol–water partition coefficient (Wildman–Crippen LogP) is 4.18. The number of H-pyrrole nitrogens is 1. The van der Waals surface area contributed by atoms with Crippen LogP contribution in [0.15, 0.2) is 59.5 Å². The number of benzene rings is 2. The average Bonchev–Trinajstić information content (AvgIpc) is 2.65. The van der Waals surface area contributed by atoms with Gasteiger partial charge >= 0.3 is 0 Å². The van der Waals surface area contributed by atoms with Gasteiger partial charge < -0.3 is 4.98 Å². The number of hydrogen-bond donors (Lipinski definition) is 1. The maximum atomic E-state index is 12.9. The minimum Gasteiger partial charge on any atom is -0.360 e. The summed E-state index contributed by atoms with van der Waals surface area (Å²) >= 11 is 0. The molecule has 1 aliphatic rings. The third kappa shape index (κ3) is 2.87. The molecule has 0 amide bonds. The Hall–Kier alpha value is -2.39. The van der Waals surface area contributed by atoms with Gasteiger partial charge in [-0.3, -0.25) is 9.69 Å². The summed E-state index contributed by atoms with van der Waals surface area (Å²) in [4.78, 5) is 18.7. The molecule has 2 heterocycles. The van der Waals surface area contributed by atoms with E-state index in [2.05, 4.69) is 28.1 Å². The summed E-state index contributed by atoms with van der Waals surface area (Å²) in [6, 6.07) is 16.2. The predicted molar refractivity (Wildman–Crippen MR) is 99.1 cm³/mol. The standard InChI is InChI=1S/C21H22N2O/c24-21-17(15-23-12-5-2-6-13-23)14-22-20-18(10-7-11-19(20)21)16-8-3-1-4-9-16/h1,3-4,7-11,14H,2,5-6,12-13,15H2,(H,22,24). The lowest BCUT2D eigenvalue weighted by molar-refractivity contribution is 0.220. The Kier molecular flexibility index (Phi) is 4.18. The first-order valence-electron chi connectivity index (χ1n) is 8.74. The molecule has 1 aliphatic heterocycles. The Morgan fingerprint density at radius 3 is 2.50 bits per heavy atom. The number of likely N-dealkylation sites (tertiary alicyclic amines) is 1. The summed E-state index contributed by atoms with van der Waals surface area (Å²) in [6.45, 7) is 2.95. The van der Waals surface area contributed by atoms with Crippen LogP contribution in [0.1, 0.15) is 24.8 Å². The van der Waals surface area contributed by atoms with E-state index in [9.17, 15) is 4.79 Å². The molecule has 3 nitrogen and oxygen atoms in total. The molecule has 122 valence electrons. The number of aromatic amines is 1. The number of nitrogens with zero attached hydrogens (tertiary/aromatic N) is 1. The Morgan fingerprint density at radius 2 is 1.71 bits per heavy atom. The van der Waals surface area contributed by atoms with Crippen LogP contribution in [0.25, 0.3) is 22.0 Å². The number of aromatic nitrogens is 1. The Bertz CT molecular complexity index is 893. The van der Waals surface area contributed by atoms with Gasteiger partial charge in [0.1, 0.15) is 0 Å². The summed E-state index contributed by atoms with van der Waals surface area (Å²) in [5.74, 6) is 0. The molecular weight excluding hydrogens is 296 g/mol. The van der Waals surface area contributed by atoms with Crippen molar-refractivity contribution in [1.29, 1.82) is 0 Å². The molecule has 0 aliphatic carbocycles. The van der Waals surface area contributed by atoms with Gasteiger partial charge in [0, 0.05) is 29.3 Å². The third-order valence-electron chi connectivity index (χ3n) is 4.92. The molecule has 0 bridgehead atoms. The Labute approximate surface area is 141 Å². The minimum atomic E-state index is 0.159. The topological polar surface area (TPSA) is 36.1 Å². The highest BCUT2D eigenvalue weighted by Gasteiger charge is 2.14. The van der Waals surface area contributed by atoms with E-state index in [-0.39, 0.29) is 5.43 Å². The van der Waals surface area contributed by atoms with Crippen LogP contribution >= 0.6 is 0 Å². The van der Waals surface area contributed by atoms with Crippen molar-refractivity contribution in [2.45, 2.75) is 25.8 Å². The van der Waals surface area contributed by atoms with Gasteiger partial charge in [-0.05, 0) is 37.6 Å². The monoisotopic (exact) mass is 318 g/mol. The van der Waals surface area contributed by atoms with E-state index >= 15 is 0 Å². The molecule has 1 fully saturated rings. The van der Waals surface area contributed by atoms with Crippen LogP contribution in [0.2, 0.25) is 0 Å². The van der Waals surface area contributed by atoms with E-state index in [4.69, 9.17) is 0 Å². The minimum absolute atomic E-state index is 0.159. The maximum Gasteiger partial charge on any atom is 0.193 e. The fraction of sp³-hybridized carbons (Fsp3) is 0.286. The van der Waals surface area contributed by atoms with E-state index in [1.165, 1.54) is 19.3 Å². The highest BCUT2D eigenvalue weighted by molar-refractivity contribution is 5.93. The largest absolute Gasteiger partial charge is 0.360 e. The van der Waals surface area contributed by atoms with Crippen LogP contribution in [0, 0.1) is 0 Å². The molecule has 0 spiro atoms. The van der Waals surface area contributed by atoms with E-state index in [0.717, 1.165) is 47.2 Å². The molecule has 0 saturated carbocycles. The number of piperidine rings is 1. The van der Waals surface area contributed by atoms with Crippen molar-refractivity contribution < 1.29 is 0 Å². The normalized spacial score (nSPS) is 15.7. The lowest BCUT2D eigenvalue weighted by Gasteiger charge is -2.26. The van der Waals surface area contributed by atoms with Crippen molar-refractivity contribution in [3.8, 4) is 11.1 Å². The molecular formula is C21H22N2O. The molecule has 1 N–H and O–H groups in total. The van der Waals surface area contributed by atoms with Gasteiger partial charge in [-0.25, -0.2) is 0 Å². The average molecular weight is 318 g/mol. The van der Waals surface area contributed by atoms with Crippen molar-refractivity contribution in [1.82, 2.24) is 9.88 Å². The zero-order valence-electron chi connectivity index (χ0n) is 13.8. The number of hydrogen-bond acceptors (Lipinski definition) is 2. The molecule has 24 heavy (non-hydrogen) atoms. The second kappa shape index (κ2) is 6.62. The second-order valence-corrected chi connectivity index (χ2v) is 6.57. The lowest BCUT2D eigenvalue weighted by atomic mass is 10.0. The van der Waals surface area contributed by atoms with Crippen LogP contribution in [-0.4, -0.2) is 23.0 Å². The first-order chi connectivity index (χ1) is 11.8. The number of pyridine rings is 1. The lowest BCUT2D eigenvalue weighted by Crippen LogP contribution is -2.31. The third-order valence-corrected chi connectivity index (χ3v) is 4.92. The van der Waals surface area contributed by atoms with Crippen molar-refractivity contribution in [3.63, 3.8) is 0 Å². The van der Waals surface area contributed by atoms with Crippen LogP contribution in [0.3, 0.4) is 0 Å². The summed E-state index contributed by atoms with van der Waals surface area (Å²) in [5.41, 5.74) is 4.16. The van der Waals surface area contributed by atoms with Gasteiger partial charge in [0.2, 0.25) is 0 Å². The van der Waals surface area contributed by atoms with E-state index in [1.54, 1.807) is 0 Å². The van der Waals surface area contributed by atoms with Crippen LogP contribution in [-0.2, 0) is 6.54 Å². The van der Waals surface area contributed by atoms with Crippen LogP contribution < -0.4 is 5.43 Å².